The third kappa shape index (κ3) is 7.40. The van der Waals surface area contributed by atoms with Crippen LogP contribution in [-0.4, -0.2) is 29.9 Å². The van der Waals surface area contributed by atoms with Crippen LogP contribution in [0, 0.1) is 0 Å². The van der Waals surface area contributed by atoms with Gasteiger partial charge in [-0.3, -0.25) is 5.10 Å². The van der Waals surface area contributed by atoms with Gasteiger partial charge in [-0.15, -0.1) is 5.10 Å². The quantitative estimate of drug-likeness (QED) is 0.409. The third-order valence-corrected chi connectivity index (χ3v) is 5.71. The number of H-pyrrole nitrogens is 1. The SMILES string of the molecule is CC(C)n1cnc(SCc2ccccc2)n1.c1ccc(CSc2ncn[nH]2)cc1. The summed E-state index contributed by atoms with van der Waals surface area (Å²) < 4.78 is 1.88. The van der Waals surface area contributed by atoms with Crippen molar-refractivity contribution >= 4 is 23.5 Å². The minimum absolute atomic E-state index is 0.374. The molecule has 150 valence electrons. The Balaban J connectivity index is 0.000000169. The molecule has 0 saturated heterocycles. The fourth-order valence-corrected chi connectivity index (χ4v) is 3.78. The van der Waals surface area contributed by atoms with Gasteiger partial charge in [0.05, 0.1) is 0 Å². The number of nitrogens with zero attached hydrogens (tertiary/aromatic N) is 5. The lowest BCUT2D eigenvalue weighted by atomic mass is 10.2. The first-order valence-corrected chi connectivity index (χ1v) is 11.3. The van der Waals surface area contributed by atoms with E-state index < -0.39 is 0 Å². The maximum absolute atomic E-state index is 4.39. The standard InChI is InChI=1S/C12H15N3S.C9H9N3S/c1-10(2)15-9-13-12(14-15)16-8-11-6-4-3-5-7-11;1-2-4-8(5-3-1)6-13-9-10-7-11-12-9/h3-7,9-10H,8H2,1-2H3;1-5,7H,6H2,(H,10,11,12). The Morgan fingerprint density at radius 2 is 1.48 bits per heavy atom. The first kappa shape index (κ1) is 21.1. The van der Waals surface area contributed by atoms with Gasteiger partial charge in [0.2, 0.25) is 5.16 Å². The number of aromatic amines is 1. The first-order chi connectivity index (χ1) is 14.2. The fraction of sp³-hybridized carbons (Fsp3) is 0.238. The van der Waals surface area contributed by atoms with E-state index in [1.54, 1.807) is 29.9 Å². The summed E-state index contributed by atoms with van der Waals surface area (Å²) in [5, 5.41) is 12.7. The van der Waals surface area contributed by atoms with Gasteiger partial charge in [-0.1, -0.05) is 84.2 Å². The van der Waals surface area contributed by atoms with E-state index in [-0.39, 0.29) is 0 Å². The molecule has 0 saturated carbocycles. The van der Waals surface area contributed by atoms with Crippen LogP contribution in [0.3, 0.4) is 0 Å². The van der Waals surface area contributed by atoms with E-state index in [0.29, 0.717) is 6.04 Å². The lowest BCUT2D eigenvalue weighted by Gasteiger charge is -2.01. The zero-order chi connectivity index (χ0) is 20.3. The van der Waals surface area contributed by atoms with Crippen molar-refractivity contribution in [3.05, 3.63) is 84.4 Å². The van der Waals surface area contributed by atoms with Crippen LogP contribution in [-0.2, 0) is 11.5 Å². The molecular formula is C21H24N6S2. The number of thioether (sulfide) groups is 2. The molecule has 0 aliphatic carbocycles. The summed E-state index contributed by atoms with van der Waals surface area (Å²) in [6.07, 6.45) is 3.31. The highest BCUT2D eigenvalue weighted by Gasteiger charge is 2.04. The normalized spacial score (nSPS) is 10.6. The molecular weight excluding hydrogens is 400 g/mol. The lowest BCUT2D eigenvalue weighted by Crippen LogP contribution is -2.00. The van der Waals surface area contributed by atoms with Crippen molar-refractivity contribution < 1.29 is 0 Å². The molecule has 2 aromatic heterocycles. The molecule has 0 spiro atoms. The van der Waals surface area contributed by atoms with Gasteiger partial charge < -0.3 is 0 Å². The highest BCUT2D eigenvalue weighted by atomic mass is 32.2. The fourth-order valence-electron chi connectivity index (χ4n) is 2.29. The van der Waals surface area contributed by atoms with Crippen molar-refractivity contribution in [2.75, 3.05) is 0 Å². The Hall–Kier alpha value is -2.58. The molecule has 0 atom stereocenters. The van der Waals surface area contributed by atoms with Crippen LogP contribution in [0.4, 0.5) is 0 Å². The number of nitrogens with one attached hydrogen (secondary N) is 1. The number of rotatable bonds is 7. The summed E-state index contributed by atoms with van der Waals surface area (Å²) in [5.41, 5.74) is 2.59. The Kier molecular flexibility index (Phi) is 8.33. The molecule has 0 amide bonds. The number of benzene rings is 2. The second-order valence-electron chi connectivity index (χ2n) is 6.44. The van der Waals surface area contributed by atoms with Crippen molar-refractivity contribution in [1.82, 2.24) is 29.9 Å². The van der Waals surface area contributed by atoms with E-state index in [1.807, 2.05) is 28.9 Å². The number of hydrogen-bond acceptors (Lipinski definition) is 6. The average Bonchev–Trinajstić information content (AvgIpc) is 3.45. The summed E-state index contributed by atoms with van der Waals surface area (Å²) in [7, 11) is 0. The predicted molar refractivity (Wildman–Crippen MR) is 119 cm³/mol. The van der Waals surface area contributed by atoms with Crippen LogP contribution in [0.25, 0.3) is 0 Å². The molecule has 2 aromatic carbocycles. The molecule has 0 bridgehead atoms. The highest BCUT2D eigenvalue weighted by molar-refractivity contribution is 7.98. The highest BCUT2D eigenvalue weighted by Crippen LogP contribution is 2.19. The monoisotopic (exact) mass is 424 g/mol. The molecule has 2 heterocycles. The van der Waals surface area contributed by atoms with Crippen LogP contribution >= 0.6 is 23.5 Å². The average molecular weight is 425 g/mol. The van der Waals surface area contributed by atoms with Crippen LogP contribution in [0.5, 0.6) is 0 Å². The van der Waals surface area contributed by atoms with Crippen LogP contribution in [0.1, 0.15) is 31.0 Å². The summed E-state index contributed by atoms with van der Waals surface area (Å²) in [4.78, 5) is 8.29. The molecule has 0 fully saturated rings. The second-order valence-corrected chi connectivity index (χ2v) is 8.35. The molecule has 8 heteroatoms. The van der Waals surface area contributed by atoms with Crippen molar-refractivity contribution in [2.45, 2.75) is 41.7 Å². The maximum Gasteiger partial charge on any atom is 0.208 e. The molecule has 4 rings (SSSR count). The Labute approximate surface area is 179 Å². The maximum atomic E-state index is 4.39. The summed E-state index contributed by atoms with van der Waals surface area (Å²) >= 11 is 3.32. The summed E-state index contributed by atoms with van der Waals surface area (Å²) in [6, 6.07) is 21.0. The van der Waals surface area contributed by atoms with E-state index in [9.17, 15) is 0 Å². The van der Waals surface area contributed by atoms with Crippen molar-refractivity contribution in [2.24, 2.45) is 0 Å². The Morgan fingerprint density at radius 1 is 0.862 bits per heavy atom. The molecule has 4 aromatic rings. The zero-order valence-corrected chi connectivity index (χ0v) is 18.1. The van der Waals surface area contributed by atoms with Crippen molar-refractivity contribution in [3.8, 4) is 0 Å². The molecule has 0 aliphatic rings. The molecule has 1 N–H and O–H groups in total. The molecule has 0 radical (unpaired) electrons. The largest absolute Gasteiger partial charge is 0.254 e. The molecule has 0 aliphatic heterocycles. The van der Waals surface area contributed by atoms with Crippen LogP contribution in [0.2, 0.25) is 0 Å². The lowest BCUT2D eigenvalue weighted by molar-refractivity contribution is 0.522. The molecule has 6 nitrogen and oxygen atoms in total. The van der Waals surface area contributed by atoms with Crippen molar-refractivity contribution in [3.63, 3.8) is 0 Å². The van der Waals surface area contributed by atoms with Gasteiger partial charge in [0, 0.05) is 17.5 Å². The van der Waals surface area contributed by atoms with Gasteiger partial charge in [-0.05, 0) is 25.0 Å². The Morgan fingerprint density at radius 3 is 2.00 bits per heavy atom. The van der Waals surface area contributed by atoms with E-state index in [2.05, 4.69) is 75.5 Å². The van der Waals surface area contributed by atoms with Gasteiger partial charge >= 0.3 is 0 Å². The summed E-state index contributed by atoms with van der Waals surface area (Å²) in [6.45, 7) is 4.20. The minimum Gasteiger partial charge on any atom is -0.254 e. The van der Waals surface area contributed by atoms with Crippen LogP contribution < -0.4 is 0 Å². The topological polar surface area (TPSA) is 72.3 Å². The second kappa shape index (κ2) is 11.4. The van der Waals surface area contributed by atoms with Gasteiger partial charge in [0.15, 0.2) is 5.16 Å². The van der Waals surface area contributed by atoms with Gasteiger partial charge in [-0.2, -0.15) is 5.10 Å². The molecule has 29 heavy (non-hydrogen) atoms. The number of hydrogen-bond donors (Lipinski definition) is 1. The van der Waals surface area contributed by atoms with E-state index in [1.165, 1.54) is 17.5 Å². The zero-order valence-electron chi connectivity index (χ0n) is 16.5. The first-order valence-electron chi connectivity index (χ1n) is 9.30. The van der Waals surface area contributed by atoms with E-state index in [4.69, 9.17) is 0 Å². The smallest absolute Gasteiger partial charge is 0.208 e. The van der Waals surface area contributed by atoms with Gasteiger partial charge in [0.1, 0.15) is 12.7 Å². The Bertz CT molecular complexity index is 940. The van der Waals surface area contributed by atoms with E-state index >= 15 is 0 Å². The summed E-state index contributed by atoms with van der Waals surface area (Å²) in [5.74, 6) is 1.85. The van der Waals surface area contributed by atoms with Gasteiger partial charge in [0.25, 0.3) is 0 Å². The minimum atomic E-state index is 0.374. The van der Waals surface area contributed by atoms with Crippen molar-refractivity contribution in [1.29, 1.82) is 0 Å². The molecule has 0 unspecified atom stereocenters. The number of aromatic nitrogens is 6. The van der Waals surface area contributed by atoms with Crippen LogP contribution in [0.15, 0.2) is 83.6 Å². The third-order valence-electron chi connectivity index (χ3n) is 3.84. The van der Waals surface area contributed by atoms with E-state index in [0.717, 1.165) is 21.8 Å². The van der Waals surface area contributed by atoms with Gasteiger partial charge in [-0.25, -0.2) is 14.6 Å². The predicted octanol–water partition coefficient (Wildman–Crippen LogP) is 5.25.